The van der Waals surface area contributed by atoms with E-state index < -0.39 is 24.3 Å². The van der Waals surface area contributed by atoms with Crippen LogP contribution >= 0.6 is 11.3 Å². The monoisotopic (exact) mass is 349 g/mol. The molecule has 24 heavy (non-hydrogen) atoms. The predicted octanol–water partition coefficient (Wildman–Crippen LogP) is 1.84. The largest absolute Gasteiger partial charge is 0.394 e. The minimum Gasteiger partial charge on any atom is -0.394 e. The molecule has 1 fully saturated rings. The van der Waals surface area contributed by atoms with Gasteiger partial charge in [0.25, 0.3) is 0 Å². The second-order valence-electron chi connectivity index (χ2n) is 5.81. The molecule has 4 atom stereocenters. The maximum absolute atomic E-state index is 14.7. The molecule has 126 valence electrons. The predicted molar refractivity (Wildman–Crippen MR) is 87.3 cm³/mol. The number of anilines is 1. The van der Waals surface area contributed by atoms with Crippen molar-refractivity contribution in [2.45, 2.75) is 25.3 Å². The molecule has 0 bridgehead atoms. The van der Waals surface area contributed by atoms with Gasteiger partial charge in [-0.15, -0.1) is 11.3 Å². The SMILES string of the molecule is C[C@H]1[C@H](F)[C@H](c2cc(-c3nccs3)c3c(N)ncnn23)O[C@@H]1CO. The van der Waals surface area contributed by atoms with Gasteiger partial charge in [0.2, 0.25) is 0 Å². The van der Waals surface area contributed by atoms with Crippen LogP contribution in [0, 0.1) is 5.92 Å². The maximum Gasteiger partial charge on any atom is 0.152 e. The van der Waals surface area contributed by atoms with Crippen molar-refractivity contribution in [3.63, 3.8) is 0 Å². The van der Waals surface area contributed by atoms with Gasteiger partial charge in [-0.1, -0.05) is 6.92 Å². The number of halogens is 1. The lowest BCUT2D eigenvalue weighted by Crippen LogP contribution is -2.21. The molecule has 3 aromatic rings. The number of fused-ring (bicyclic) bond motifs is 1. The lowest BCUT2D eigenvalue weighted by atomic mass is 9.99. The Morgan fingerprint density at radius 2 is 2.29 bits per heavy atom. The molecule has 0 radical (unpaired) electrons. The number of aliphatic hydroxyl groups is 1. The van der Waals surface area contributed by atoms with Gasteiger partial charge in [0, 0.05) is 23.1 Å². The van der Waals surface area contributed by atoms with Gasteiger partial charge in [-0.2, -0.15) is 5.10 Å². The topological polar surface area (TPSA) is 98.6 Å². The molecule has 1 aliphatic rings. The van der Waals surface area contributed by atoms with Crippen molar-refractivity contribution in [3.05, 3.63) is 29.7 Å². The molecule has 0 saturated carbocycles. The number of ether oxygens (including phenoxy) is 1. The second-order valence-corrected chi connectivity index (χ2v) is 6.70. The van der Waals surface area contributed by atoms with E-state index in [0.29, 0.717) is 17.0 Å². The fourth-order valence-corrected chi connectivity index (χ4v) is 3.78. The number of alkyl halides is 1. The summed E-state index contributed by atoms with van der Waals surface area (Å²) in [4.78, 5) is 8.33. The highest BCUT2D eigenvalue weighted by Gasteiger charge is 2.44. The van der Waals surface area contributed by atoms with Crippen molar-refractivity contribution in [3.8, 4) is 10.6 Å². The van der Waals surface area contributed by atoms with Gasteiger partial charge in [0.05, 0.1) is 18.4 Å². The van der Waals surface area contributed by atoms with E-state index in [1.165, 1.54) is 17.7 Å². The molecule has 0 amide bonds. The van der Waals surface area contributed by atoms with E-state index in [9.17, 15) is 9.50 Å². The van der Waals surface area contributed by atoms with Crippen molar-refractivity contribution in [1.82, 2.24) is 19.6 Å². The van der Waals surface area contributed by atoms with E-state index in [4.69, 9.17) is 10.5 Å². The van der Waals surface area contributed by atoms with Crippen molar-refractivity contribution in [2.75, 3.05) is 12.3 Å². The van der Waals surface area contributed by atoms with Gasteiger partial charge in [0.15, 0.2) is 5.82 Å². The minimum atomic E-state index is -1.25. The van der Waals surface area contributed by atoms with Crippen LogP contribution in [-0.2, 0) is 4.74 Å². The number of aromatic nitrogens is 4. The van der Waals surface area contributed by atoms with Crippen LogP contribution in [-0.4, -0.2) is 43.6 Å². The van der Waals surface area contributed by atoms with Crippen molar-refractivity contribution in [2.24, 2.45) is 5.92 Å². The minimum absolute atomic E-state index is 0.224. The van der Waals surface area contributed by atoms with Crippen LogP contribution in [0.25, 0.3) is 16.1 Å². The molecule has 1 aliphatic heterocycles. The Balaban J connectivity index is 1.90. The summed E-state index contributed by atoms with van der Waals surface area (Å²) < 4.78 is 22.0. The molecule has 9 heteroatoms. The Bertz CT molecular complexity index is 868. The van der Waals surface area contributed by atoms with Crippen molar-refractivity contribution in [1.29, 1.82) is 0 Å². The first-order chi connectivity index (χ1) is 11.6. The summed E-state index contributed by atoms with van der Waals surface area (Å²) in [6.45, 7) is 1.50. The third-order valence-electron chi connectivity index (χ3n) is 4.44. The third kappa shape index (κ3) is 2.20. The number of nitrogen functional groups attached to an aromatic ring is 1. The first kappa shape index (κ1) is 15.4. The zero-order chi connectivity index (χ0) is 16.8. The molecule has 7 nitrogen and oxygen atoms in total. The highest BCUT2D eigenvalue weighted by molar-refractivity contribution is 7.13. The Hall–Kier alpha value is -2.10. The zero-order valence-corrected chi connectivity index (χ0v) is 13.7. The Kier molecular flexibility index (Phi) is 3.70. The summed E-state index contributed by atoms with van der Waals surface area (Å²) in [7, 11) is 0. The van der Waals surface area contributed by atoms with E-state index in [0.717, 1.165) is 10.6 Å². The number of thiazole rings is 1. The van der Waals surface area contributed by atoms with Crippen LogP contribution in [0.4, 0.5) is 10.2 Å². The van der Waals surface area contributed by atoms with Gasteiger partial charge in [0.1, 0.15) is 29.1 Å². The number of rotatable bonds is 3. The van der Waals surface area contributed by atoms with E-state index in [1.807, 2.05) is 5.38 Å². The smallest absolute Gasteiger partial charge is 0.152 e. The Morgan fingerprint density at radius 3 is 2.96 bits per heavy atom. The van der Waals surface area contributed by atoms with Crippen molar-refractivity contribution >= 4 is 22.7 Å². The van der Waals surface area contributed by atoms with E-state index in [-0.39, 0.29) is 6.61 Å². The van der Waals surface area contributed by atoms with Gasteiger partial charge in [-0.25, -0.2) is 18.9 Å². The van der Waals surface area contributed by atoms with Crippen LogP contribution in [0.3, 0.4) is 0 Å². The number of hydrogen-bond donors (Lipinski definition) is 2. The maximum atomic E-state index is 14.7. The zero-order valence-electron chi connectivity index (χ0n) is 12.8. The summed E-state index contributed by atoms with van der Waals surface area (Å²) in [5, 5.41) is 16.2. The highest BCUT2D eigenvalue weighted by atomic mass is 32.1. The van der Waals surface area contributed by atoms with Crippen LogP contribution in [0.15, 0.2) is 24.0 Å². The van der Waals surface area contributed by atoms with Gasteiger partial charge in [-0.3, -0.25) is 0 Å². The molecule has 3 N–H and O–H groups in total. The van der Waals surface area contributed by atoms with Crippen LogP contribution in [0.1, 0.15) is 18.7 Å². The Labute approximate surface area is 140 Å². The fourth-order valence-electron chi connectivity index (χ4n) is 3.12. The number of aliphatic hydroxyl groups excluding tert-OH is 1. The lowest BCUT2D eigenvalue weighted by molar-refractivity contribution is -0.00711. The van der Waals surface area contributed by atoms with Gasteiger partial charge in [-0.05, 0) is 6.07 Å². The van der Waals surface area contributed by atoms with Crippen LogP contribution < -0.4 is 5.73 Å². The molecule has 1 saturated heterocycles. The van der Waals surface area contributed by atoms with E-state index >= 15 is 0 Å². The number of hydrogen-bond acceptors (Lipinski definition) is 7. The molecule has 4 rings (SSSR count). The molecule has 0 unspecified atom stereocenters. The standard InChI is InChI=1S/C15H16FN5O2S/c1-7-10(5-22)23-13(11(7)16)9-4-8(15-18-2-3-24-15)12-14(17)19-6-20-21(9)12/h2-4,6-7,10-11,13,22H,5H2,1H3,(H2,17,19,20)/t7-,10-,11+,13+/m1/s1. The lowest BCUT2D eigenvalue weighted by Gasteiger charge is -2.13. The summed E-state index contributed by atoms with van der Waals surface area (Å²) in [6.07, 6.45) is 0.398. The molecule has 0 aromatic carbocycles. The summed E-state index contributed by atoms with van der Waals surface area (Å²) >= 11 is 1.45. The molecule has 0 aliphatic carbocycles. The average Bonchev–Trinajstić information content (AvgIpc) is 3.28. The molecular formula is C15H16FN5O2S. The highest BCUT2D eigenvalue weighted by Crippen LogP contribution is 2.42. The molecule has 3 aromatic heterocycles. The molecule has 0 spiro atoms. The number of nitrogens with zero attached hydrogens (tertiary/aromatic N) is 4. The van der Waals surface area contributed by atoms with Crippen LogP contribution in [0.2, 0.25) is 0 Å². The Morgan fingerprint density at radius 1 is 1.46 bits per heavy atom. The summed E-state index contributed by atoms with van der Waals surface area (Å²) in [6, 6.07) is 1.79. The van der Waals surface area contributed by atoms with E-state index in [1.54, 1.807) is 23.7 Å². The quantitative estimate of drug-likeness (QED) is 0.749. The second kappa shape index (κ2) is 5.76. The number of nitrogens with two attached hydrogens (primary N) is 1. The third-order valence-corrected chi connectivity index (χ3v) is 5.25. The summed E-state index contributed by atoms with van der Waals surface area (Å²) in [5.41, 5.74) is 7.89. The first-order valence-corrected chi connectivity index (χ1v) is 8.42. The van der Waals surface area contributed by atoms with Crippen molar-refractivity contribution < 1.29 is 14.2 Å². The van der Waals surface area contributed by atoms with Crippen LogP contribution in [0.5, 0.6) is 0 Å². The first-order valence-electron chi connectivity index (χ1n) is 7.54. The fraction of sp³-hybridized carbons (Fsp3) is 0.400. The average molecular weight is 349 g/mol. The van der Waals surface area contributed by atoms with Gasteiger partial charge >= 0.3 is 0 Å². The molecular weight excluding hydrogens is 333 g/mol. The normalized spacial score (nSPS) is 27.1. The van der Waals surface area contributed by atoms with Gasteiger partial charge < -0.3 is 15.6 Å². The van der Waals surface area contributed by atoms with E-state index in [2.05, 4.69) is 15.1 Å². The summed E-state index contributed by atoms with van der Waals surface area (Å²) in [5.74, 6) is -0.116. The molecule has 4 heterocycles.